The predicted molar refractivity (Wildman–Crippen MR) is 85.8 cm³/mol. The molecule has 0 amide bonds. The van der Waals surface area contributed by atoms with Crippen LogP contribution in [0.4, 0.5) is 0 Å². The number of halogens is 1. The van der Waals surface area contributed by atoms with Crippen molar-refractivity contribution in [2.75, 3.05) is 33.3 Å². The number of guanidine groups is 1. The standard InChI is InChI=1S/C16H22ClN3O/c1-20-9-8-18-16(20)19-10-15(21-11-12-2-3-12)13-4-6-14(17)7-5-13/h4-7,12,15H,2-3,8-11H2,1H3,(H,18,19). The number of nitrogens with one attached hydrogen (secondary N) is 1. The summed E-state index contributed by atoms with van der Waals surface area (Å²) in [6, 6.07) is 7.93. The summed E-state index contributed by atoms with van der Waals surface area (Å²) in [7, 11) is 2.06. The number of likely N-dealkylation sites (N-methyl/N-ethyl adjacent to an activating group) is 1. The average Bonchev–Trinajstić information content (AvgIpc) is 3.22. The maximum Gasteiger partial charge on any atom is 0.193 e. The van der Waals surface area contributed by atoms with Crippen LogP contribution in [0.25, 0.3) is 0 Å². The van der Waals surface area contributed by atoms with Gasteiger partial charge in [-0.05, 0) is 36.5 Å². The van der Waals surface area contributed by atoms with Crippen LogP contribution < -0.4 is 5.32 Å². The number of nitrogens with zero attached hydrogens (tertiary/aromatic N) is 2. The molecule has 1 saturated carbocycles. The molecular formula is C16H22ClN3O. The van der Waals surface area contributed by atoms with Crippen molar-refractivity contribution in [3.05, 3.63) is 34.9 Å². The molecule has 1 aliphatic heterocycles. The van der Waals surface area contributed by atoms with E-state index in [1.165, 1.54) is 12.8 Å². The third kappa shape index (κ3) is 4.11. The van der Waals surface area contributed by atoms with E-state index in [1.54, 1.807) is 0 Å². The molecule has 3 rings (SSSR count). The van der Waals surface area contributed by atoms with Gasteiger partial charge in [-0.3, -0.25) is 4.99 Å². The first-order chi connectivity index (χ1) is 10.2. The Hall–Kier alpha value is -1.26. The quantitative estimate of drug-likeness (QED) is 0.878. The van der Waals surface area contributed by atoms with Crippen LogP contribution in [0.15, 0.2) is 29.3 Å². The molecule has 2 aliphatic rings. The van der Waals surface area contributed by atoms with Gasteiger partial charge in [0.05, 0.1) is 19.3 Å². The molecule has 0 spiro atoms. The SMILES string of the molecule is CN1CCN=C1NCC(OCC1CC1)c1ccc(Cl)cc1. The van der Waals surface area contributed by atoms with Gasteiger partial charge in [0.15, 0.2) is 5.96 Å². The normalized spacial score (nSPS) is 19.5. The second-order valence-electron chi connectivity index (χ2n) is 5.82. The minimum absolute atomic E-state index is 0.0413. The van der Waals surface area contributed by atoms with Gasteiger partial charge in [0, 0.05) is 25.2 Å². The summed E-state index contributed by atoms with van der Waals surface area (Å²) in [6.45, 7) is 3.43. The van der Waals surface area contributed by atoms with Gasteiger partial charge in [0.1, 0.15) is 0 Å². The van der Waals surface area contributed by atoms with Crippen LogP contribution in [0.3, 0.4) is 0 Å². The number of hydrogen-bond acceptors (Lipinski definition) is 4. The lowest BCUT2D eigenvalue weighted by atomic mass is 10.1. The Morgan fingerprint density at radius 1 is 1.38 bits per heavy atom. The maximum absolute atomic E-state index is 6.11. The predicted octanol–water partition coefficient (Wildman–Crippen LogP) is 2.70. The van der Waals surface area contributed by atoms with Crippen LogP contribution in [0.5, 0.6) is 0 Å². The first-order valence-electron chi connectivity index (χ1n) is 7.59. The molecule has 114 valence electrons. The lowest BCUT2D eigenvalue weighted by Gasteiger charge is -2.22. The van der Waals surface area contributed by atoms with Gasteiger partial charge in [-0.25, -0.2) is 0 Å². The molecule has 0 saturated heterocycles. The summed E-state index contributed by atoms with van der Waals surface area (Å²) in [6.07, 6.45) is 2.64. The zero-order valence-corrected chi connectivity index (χ0v) is 13.1. The van der Waals surface area contributed by atoms with Crippen LogP contribution in [0, 0.1) is 5.92 Å². The monoisotopic (exact) mass is 307 g/mol. The Morgan fingerprint density at radius 3 is 2.76 bits per heavy atom. The Kier molecular flexibility index (Phi) is 4.66. The summed E-state index contributed by atoms with van der Waals surface area (Å²) in [5.41, 5.74) is 1.16. The Bertz CT molecular complexity index is 499. The lowest BCUT2D eigenvalue weighted by Crippen LogP contribution is -2.38. The molecule has 1 fully saturated rings. The molecule has 1 atom stereocenters. The first kappa shape index (κ1) is 14.7. The van der Waals surface area contributed by atoms with E-state index in [0.717, 1.165) is 48.7 Å². The van der Waals surface area contributed by atoms with E-state index < -0.39 is 0 Å². The van der Waals surface area contributed by atoms with E-state index in [9.17, 15) is 0 Å². The maximum atomic E-state index is 6.11. The molecule has 4 nitrogen and oxygen atoms in total. The van der Waals surface area contributed by atoms with Gasteiger partial charge in [0.2, 0.25) is 0 Å². The van der Waals surface area contributed by atoms with E-state index >= 15 is 0 Å². The van der Waals surface area contributed by atoms with Crippen molar-refractivity contribution < 1.29 is 4.74 Å². The van der Waals surface area contributed by atoms with Gasteiger partial charge < -0.3 is 15.0 Å². The molecule has 0 radical (unpaired) electrons. The average molecular weight is 308 g/mol. The van der Waals surface area contributed by atoms with E-state index in [0.29, 0.717) is 0 Å². The summed E-state index contributed by atoms with van der Waals surface area (Å²) in [5, 5.41) is 4.16. The van der Waals surface area contributed by atoms with Crippen molar-refractivity contribution in [1.82, 2.24) is 10.2 Å². The van der Waals surface area contributed by atoms with Gasteiger partial charge >= 0.3 is 0 Å². The highest BCUT2D eigenvalue weighted by Crippen LogP contribution is 2.31. The van der Waals surface area contributed by atoms with E-state index in [4.69, 9.17) is 16.3 Å². The van der Waals surface area contributed by atoms with Crippen LogP contribution in [-0.2, 0) is 4.74 Å². The summed E-state index contributed by atoms with van der Waals surface area (Å²) in [4.78, 5) is 6.60. The van der Waals surface area contributed by atoms with Crippen molar-refractivity contribution in [2.45, 2.75) is 18.9 Å². The van der Waals surface area contributed by atoms with Gasteiger partial charge in [0.25, 0.3) is 0 Å². The zero-order chi connectivity index (χ0) is 14.7. The van der Waals surface area contributed by atoms with Crippen molar-refractivity contribution in [2.24, 2.45) is 10.9 Å². The third-order valence-electron chi connectivity index (χ3n) is 3.98. The van der Waals surface area contributed by atoms with Gasteiger partial charge in [-0.1, -0.05) is 23.7 Å². The fraction of sp³-hybridized carbons (Fsp3) is 0.562. The zero-order valence-electron chi connectivity index (χ0n) is 12.4. The van der Waals surface area contributed by atoms with E-state index in [1.807, 2.05) is 24.3 Å². The highest BCUT2D eigenvalue weighted by molar-refractivity contribution is 6.30. The van der Waals surface area contributed by atoms with Crippen molar-refractivity contribution in [3.63, 3.8) is 0 Å². The van der Waals surface area contributed by atoms with Crippen LogP contribution in [0.2, 0.25) is 5.02 Å². The molecule has 1 unspecified atom stereocenters. The second-order valence-corrected chi connectivity index (χ2v) is 6.26. The summed E-state index contributed by atoms with van der Waals surface area (Å²) < 4.78 is 6.11. The second kappa shape index (κ2) is 6.67. The first-order valence-corrected chi connectivity index (χ1v) is 7.96. The number of hydrogen-bond donors (Lipinski definition) is 1. The summed E-state index contributed by atoms with van der Waals surface area (Å²) in [5.74, 6) is 1.72. The Morgan fingerprint density at radius 2 is 2.14 bits per heavy atom. The molecule has 1 aromatic carbocycles. The number of ether oxygens (including phenoxy) is 1. The Balaban J connectivity index is 1.61. The van der Waals surface area contributed by atoms with Crippen LogP contribution >= 0.6 is 11.6 Å². The lowest BCUT2D eigenvalue weighted by molar-refractivity contribution is 0.0478. The molecule has 21 heavy (non-hydrogen) atoms. The largest absolute Gasteiger partial charge is 0.371 e. The van der Waals surface area contributed by atoms with Gasteiger partial charge in [-0.2, -0.15) is 0 Å². The number of rotatable bonds is 6. The Labute approximate surface area is 131 Å². The van der Waals surface area contributed by atoms with Crippen molar-refractivity contribution in [1.29, 1.82) is 0 Å². The van der Waals surface area contributed by atoms with Crippen molar-refractivity contribution >= 4 is 17.6 Å². The number of benzene rings is 1. The molecule has 5 heteroatoms. The van der Waals surface area contributed by atoms with E-state index in [-0.39, 0.29) is 6.10 Å². The highest BCUT2D eigenvalue weighted by Gasteiger charge is 2.24. The molecule has 1 heterocycles. The fourth-order valence-corrected chi connectivity index (χ4v) is 2.52. The molecule has 0 aromatic heterocycles. The molecule has 1 aliphatic carbocycles. The molecular weight excluding hydrogens is 286 g/mol. The van der Waals surface area contributed by atoms with Gasteiger partial charge in [-0.15, -0.1) is 0 Å². The molecule has 1 aromatic rings. The van der Waals surface area contributed by atoms with Crippen LogP contribution in [0.1, 0.15) is 24.5 Å². The number of aliphatic imine (C=N–C) groups is 1. The molecule has 0 bridgehead atoms. The van der Waals surface area contributed by atoms with Crippen molar-refractivity contribution in [3.8, 4) is 0 Å². The topological polar surface area (TPSA) is 36.9 Å². The summed E-state index contributed by atoms with van der Waals surface area (Å²) >= 11 is 5.97. The van der Waals surface area contributed by atoms with Crippen LogP contribution in [-0.4, -0.2) is 44.1 Å². The highest BCUT2D eigenvalue weighted by atomic mass is 35.5. The minimum Gasteiger partial charge on any atom is -0.371 e. The van der Waals surface area contributed by atoms with E-state index in [2.05, 4.69) is 22.3 Å². The molecule has 1 N–H and O–H groups in total. The third-order valence-corrected chi connectivity index (χ3v) is 4.23. The fourth-order valence-electron chi connectivity index (χ4n) is 2.39. The minimum atomic E-state index is 0.0413. The smallest absolute Gasteiger partial charge is 0.193 e.